The Morgan fingerprint density at radius 2 is 1.74 bits per heavy atom. The maximum atomic E-state index is 12.2. The van der Waals surface area contributed by atoms with Crippen molar-refractivity contribution in [1.82, 2.24) is 0 Å². The van der Waals surface area contributed by atoms with Crippen molar-refractivity contribution in [3.8, 4) is 0 Å². The molecule has 0 aromatic heterocycles. The Balaban J connectivity index is 0.00000264. The number of rotatable bonds is 2. The van der Waals surface area contributed by atoms with Gasteiger partial charge in [0.05, 0.1) is 31.0 Å². The number of benzene rings is 1. The molecule has 1 aromatic carbocycles. The van der Waals surface area contributed by atoms with Gasteiger partial charge in [0.15, 0.2) is 11.6 Å². The van der Waals surface area contributed by atoms with Crippen molar-refractivity contribution in [2.45, 2.75) is 102 Å². The largest absolute Gasteiger partial charge is 0.385 e. The average Bonchev–Trinajstić information content (AvgIpc) is 3.57. The highest BCUT2D eigenvalue weighted by molar-refractivity contribution is 5.94. The molecule has 0 unspecified atom stereocenters. The number of hydrogen-bond donors (Lipinski definition) is 1. The lowest BCUT2D eigenvalue weighted by molar-refractivity contribution is -0.208. The van der Waals surface area contributed by atoms with E-state index in [2.05, 4.69) is 25.6 Å². The summed E-state index contributed by atoms with van der Waals surface area (Å²) in [6.07, 6.45) is 8.07. The van der Waals surface area contributed by atoms with Crippen LogP contribution in [0.1, 0.15) is 101 Å². The van der Waals surface area contributed by atoms with Crippen molar-refractivity contribution in [3.63, 3.8) is 0 Å². The smallest absolute Gasteiger partial charge is 0.171 e. The summed E-state index contributed by atoms with van der Waals surface area (Å²) in [5.41, 5.74) is 4.90. The summed E-state index contributed by atoms with van der Waals surface area (Å²) < 4.78 is 18.8. The summed E-state index contributed by atoms with van der Waals surface area (Å²) in [7, 11) is 0. The van der Waals surface area contributed by atoms with E-state index >= 15 is 0 Å². The van der Waals surface area contributed by atoms with E-state index in [1.165, 1.54) is 22.3 Å². The number of carbonyl (C=O) groups is 1. The molecule has 2 saturated heterocycles. The van der Waals surface area contributed by atoms with Gasteiger partial charge in [0.25, 0.3) is 0 Å². The van der Waals surface area contributed by atoms with Crippen molar-refractivity contribution < 1.29 is 24.1 Å². The Hall–Kier alpha value is -1.79. The highest BCUT2D eigenvalue weighted by Crippen LogP contribution is 2.70. The summed E-state index contributed by atoms with van der Waals surface area (Å²) in [6, 6.07) is 8.27. The number of hydrogen-bond acceptors (Lipinski definition) is 5. The third-order valence-electron chi connectivity index (χ3n) is 11.4. The van der Waals surface area contributed by atoms with Crippen LogP contribution in [0.4, 0.5) is 0 Å². The van der Waals surface area contributed by atoms with E-state index in [0.29, 0.717) is 31.5 Å². The fraction of sp³-hybridized carbons (Fsp3) is 0.667. The molecule has 5 fully saturated rings. The first-order valence-corrected chi connectivity index (χ1v) is 14.4. The lowest BCUT2D eigenvalue weighted by Crippen LogP contribution is -2.55. The lowest BCUT2D eigenvalue weighted by atomic mass is 9.49. The molecule has 1 N–H and O–H groups in total. The molecule has 206 valence electrons. The number of carbonyl (C=O) groups excluding carboxylic acids is 1. The molecule has 5 heteroatoms. The monoisotopic (exact) mass is 520 g/mol. The third kappa shape index (κ3) is 3.47. The highest BCUT2D eigenvalue weighted by atomic mass is 16.7. The molecule has 2 aliphatic heterocycles. The lowest BCUT2D eigenvalue weighted by Gasteiger charge is -2.58. The van der Waals surface area contributed by atoms with Crippen LogP contribution >= 0.6 is 0 Å². The van der Waals surface area contributed by atoms with Gasteiger partial charge in [-0.2, -0.15) is 0 Å². The molecule has 3 saturated carbocycles. The van der Waals surface area contributed by atoms with Crippen LogP contribution in [-0.4, -0.2) is 47.7 Å². The summed E-state index contributed by atoms with van der Waals surface area (Å²) in [5.74, 6) is 0.619. The Labute approximate surface area is 227 Å². The van der Waals surface area contributed by atoms with Gasteiger partial charge in [-0.05, 0) is 80.4 Å². The normalized spacial score (nSPS) is 41.1. The van der Waals surface area contributed by atoms with Gasteiger partial charge in [-0.15, -0.1) is 0 Å². The van der Waals surface area contributed by atoms with E-state index in [1.54, 1.807) is 6.92 Å². The van der Waals surface area contributed by atoms with E-state index < -0.39 is 11.4 Å². The van der Waals surface area contributed by atoms with Gasteiger partial charge >= 0.3 is 0 Å². The predicted octanol–water partition coefficient (Wildman–Crippen LogP) is 6.51. The van der Waals surface area contributed by atoms with Gasteiger partial charge in [-0.3, -0.25) is 4.79 Å². The summed E-state index contributed by atoms with van der Waals surface area (Å²) >= 11 is 0. The first kappa shape index (κ1) is 26.4. The molecule has 0 radical (unpaired) electrons. The van der Waals surface area contributed by atoms with Crippen LogP contribution in [0.5, 0.6) is 0 Å². The number of ketones is 1. The fourth-order valence-electron chi connectivity index (χ4n) is 9.72. The van der Waals surface area contributed by atoms with Crippen LogP contribution in [0.25, 0.3) is 0 Å². The van der Waals surface area contributed by atoms with Crippen molar-refractivity contribution in [3.05, 3.63) is 58.7 Å². The molecule has 7 rings (SSSR count). The summed E-state index contributed by atoms with van der Waals surface area (Å²) in [4.78, 5) is 12.0. The number of allylic oxidation sites excluding steroid dienone is 1. The molecule has 6 aliphatic rings. The van der Waals surface area contributed by atoms with Crippen LogP contribution in [0.2, 0.25) is 0 Å². The molecule has 1 aromatic rings. The van der Waals surface area contributed by atoms with E-state index in [9.17, 15) is 9.90 Å². The number of aliphatic hydroxyl groups is 1. The topological polar surface area (TPSA) is 65.0 Å². The van der Waals surface area contributed by atoms with Gasteiger partial charge in [0.1, 0.15) is 0 Å². The van der Waals surface area contributed by atoms with Gasteiger partial charge in [-0.25, -0.2) is 0 Å². The number of ether oxygens (including phenoxy) is 3. The minimum absolute atomic E-state index is 0. The molecule has 4 aliphatic carbocycles. The van der Waals surface area contributed by atoms with Crippen LogP contribution in [-0.2, 0) is 14.2 Å². The molecule has 38 heavy (non-hydrogen) atoms. The maximum absolute atomic E-state index is 12.2. The highest BCUT2D eigenvalue weighted by Gasteiger charge is 2.67. The van der Waals surface area contributed by atoms with Crippen LogP contribution in [0, 0.1) is 17.3 Å². The Morgan fingerprint density at radius 1 is 1.00 bits per heavy atom. The minimum Gasteiger partial charge on any atom is -0.385 e. The molecule has 6 atom stereocenters. The van der Waals surface area contributed by atoms with E-state index in [4.69, 9.17) is 14.2 Å². The summed E-state index contributed by atoms with van der Waals surface area (Å²) in [6.45, 7) is 10.6. The number of fused-ring (bicyclic) bond motifs is 5. The van der Waals surface area contributed by atoms with Crippen LogP contribution < -0.4 is 0 Å². The molecular weight excluding hydrogens is 476 g/mol. The predicted molar refractivity (Wildman–Crippen MR) is 147 cm³/mol. The van der Waals surface area contributed by atoms with Crippen molar-refractivity contribution in [1.29, 1.82) is 0 Å². The zero-order chi connectivity index (χ0) is 25.6. The SMILES string of the molecule is C.C=C1CCO[C@]12CC[C@H]1[C@@H]3CC[C@@]4(O)CC5(CCC4=C3[C@@H](c3ccc(C(C)=O)cc3)C[C@@]12C)OCCO5. The zero-order valence-corrected chi connectivity index (χ0v) is 22.3. The molecule has 2 spiro atoms. The van der Waals surface area contributed by atoms with Crippen LogP contribution in [0.3, 0.4) is 0 Å². The first-order valence-electron chi connectivity index (χ1n) is 14.4. The van der Waals surface area contributed by atoms with Gasteiger partial charge < -0.3 is 19.3 Å². The Bertz CT molecular complexity index is 1180. The molecular formula is C33H44O5. The second-order valence-electron chi connectivity index (χ2n) is 12.9. The zero-order valence-electron chi connectivity index (χ0n) is 22.3. The van der Waals surface area contributed by atoms with Crippen molar-refractivity contribution >= 4 is 5.78 Å². The van der Waals surface area contributed by atoms with E-state index in [0.717, 1.165) is 63.5 Å². The second-order valence-corrected chi connectivity index (χ2v) is 12.9. The number of Topliss-reactive ketones (excluding diaryl/α,β-unsaturated/α-hetero) is 1. The standard InChI is InChI=1S/C32H40O5.CH4/c1-20-11-15-37-32(20)14-10-26-24-8-12-30(34)19-31(35-16-17-36-31)13-9-27(30)28(24)25(18-29(26,32)3)23-6-4-22(5-7-23)21(2)33;/h4-7,24-26,34H,1,8-19H2,2-3H3;1H4/t24-,25+,26-,29-,30+,32+;/m0./s1. The molecule has 2 heterocycles. The Morgan fingerprint density at radius 3 is 2.39 bits per heavy atom. The third-order valence-corrected chi connectivity index (χ3v) is 11.4. The Kier molecular flexibility index (Phi) is 6.16. The van der Waals surface area contributed by atoms with Crippen LogP contribution in [0.15, 0.2) is 47.6 Å². The van der Waals surface area contributed by atoms with E-state index in [-0.39, 0.29) is 30.1 Å². The minimum atomic E-state index is -0.872. The van der Waals surface area contributed by atoms with E-state index in [1.807, 2.05) is 12.1 Å². The quantitative estimate of drug-likeness (QED) is 0.356. The summed E-state index contributed by atoms with van der Waals surface area (Å²) in [5, 5.41) is 12.2. The maximum Gasteiger partial charge on any atom is 0.171 e. The van der Waals surface area contributed by atoms with Gasteiger partial charge in [0.2, 0.25) is 0 Å². The fourth-order valence-corrected chi connectivity index (χ4v) is 9.72. The van der Waals surface area contributed by atoms with Gasteiger partial charge in [0, 0.05) is 29.7 Å². The molecule has 0 amide bonds. The molecule has 0 bridgehead atoms. The van der Waals surface area contributed by atoms with Gasteiger partial charge in [-0.1, -0.05) is 50.8 Å². The second kappa shape index (κ2) is 8.86. The van der Waals surface area contributed by atoms with Crippen molar-refractivity contribution in [2.75, 3.05) is 19.8 Å². The van der Waals surface area contributed by atoms with Crippen molar-refractivity contribution in [2.24, 2.45) is 17.3 Å². The average molecular weight is 521 g/mol. The molecule has 5 nitrogen and oxygen atoms in total. The first-order chi connectivity index (χ1) is 17.7.